The van der Waals surface area contributed by atoms with Gasteiger partial charge in [0, 0.05) is 24.0 Å². The van der Waals surface area contributed by atoms with E-state index < -0.39 is 0 Å². The quantitative estimate of drug-likeness (QED) is 0.823. The highest BCUT2D eigenvalue weighted by Crippen LogP contribution is 2.30. The molecule has 0 radical (unpaired) electrons. The van der Waals surface area contributed by atoms with Crippen molar-refractivity contribution in [1.82, 2.24) is 9.80 Å². The largest absolute Gasteiger partial charge is 0.455 e. The fourth-order valence-corrected chi connectivity index (χ4v) is 4.07. The van der Waals surface area contributed by atoms with Crippen molar-refractivity contribution in [3.63, 3.8) is 0 Å². The van der Waals surface area contributed by atoms with Gasteiger partial charge in [-0.2, -0.15) is 0 Å². The molecule has 0 aliphatic carbocycles. The number of furan rings is 1. The summed E-state index contributed by atoms with van der Waals surface area (Å²) in [7, 11) is 0. The first-order chi connectivity index (χ1) is 12.2. The van der Waals surface area contributed by atoms with Crippen molar-refractivity contribution in [2.45, 2.75) is 31.7 Å². The van der Waals surface area contributed by atoms with Crippen LogP contribution in [-0.2, 0) is 6.54 Å². The molecule has 1 amide bonds. The zero-order valence-electron chi connectivity index (χ0n) is 14.3. The first-order valence-electron chi connectivity index (χ1n) is 9.05. The maximum Gasteiger partial charge on any atom is 0.289 e. The minimum atomic E-state index is -0.00259. The fraction of sp³-hybridized carbons (Fsp3) is 0.450. The molecule has 2 fully saturated rings. The molecule has 5 heteroatoms. The molecule has 0 bridgehead atoms. The van der Waals surface area contributed by atoms with E-state index in [9.17, 15) is 4.79 Å². The van der Waals surface area contributed by atoms with E-state index >= 15 is 0 Å². The molecule has 2 aliphatic heterocycles. The molecule has 1 aromatic carbocycles. The number of carbonyl (C=O) groups excluding carboxylic acids is 1. The first kappa shape index (κ1) is 16.7. The van der Waals surface area contributed by atoms with Gasteiger partial charge >= 0.3 is 0 Å². The summed E-state index contributed by atoms with van der Waals surface area (Å²) in [6, 6.07) is 11.7. The number of hydrogen-bond donors (Lipinski definition) is 0. The Hall–Kier alpha value is -1.78. The lowest BCUT2D eigenvalue weighted by Crippen LogP contribution is -2.28. The minimum Gasteiger partial charge on any atom is -0.455 e. The number of hydrogen-bond acceptors (Lipinski definition) is 3. The Labute approximate surface area is 153 Å². The molecule has 0 spiro atoms. The van der Waals surface area contributed by atoms with E-state index in [0.717, 1.165) is 49.9 Å². The van der Waals surface area contributed by atoms with Gasteiger partial charge in [-0.1, -0.05) is 23.7 Å². The van der Waals surface area contributed by atoms with Crippen LogP contribution in [0.25, 0.3) is 0 Å². The Kier molecular flexibility index (Phi) is 4.82. The van der Waals surface area contributed by atoms with Gasteiger partial charge in [-0.25, -0.2) is 0 Å². The summed E-state index contributed by atoms with van der Waals surface area (Å²) >= 11 is 6.09. The summed E-state index contributed by atoms with van der Waals surface area (Å²) in [6.45, 7) is 4.53. The predicted molar refractivity (Wildman–Crippen MR) is 97.9 cm³/mol. The Bertz CT molecular complexity index is 752. The van der Waals surface area contributed by atoms with E-state index in [1.165, 1.54) is 18.4 Å². The van der Waals surface area contributed by atoms with Crippen molar-refractivity contribution >= 4 is 17.5 Å². The smallest absolute Gasteiger partial charge is 0.289 e. The topological polar surface area (TPSA) is 36.7 Å². The summed E-state index contributed by atoms with van der Waals surface area (Å²) in [5.41, 5.74) is 1.21. The van der Waals surface area contributed by atoms with Crippen LogP contribution in [0.3, 0.4) is 0 Å². The number of rotatable bonds is 4. The molecular formula is C20H23ClN2O2. The van der Waals surface area contributed by atoms with Crippen LogP contribution in [0, 0.1) is 0 Å². The number of amides is 1. The first-order valence-corrected chi connectivity index (χ1v) is 9.42. The number of nitrogens with zero attached hydrogens (tertiary/aromatic N) is 2. The molecule has 25 heavy (non-hydrogen) atoms. The second-order valence-electron chi connectivity index (χ2n) is 7.04. The van der Waals surface area contributed by atoms with Crippen molar-refractivity contribution in [3.8, 4) is 0 Å². The lowest BCUT2D eigenvalue weighted by molar-refractivity contribution is 0.0755. The van der Waals surface area contributed by atoms with E-state index in [1.807, 2.05) is 35.2 Å². The van der Waals surface area contributed by atoms with E-state index in [4.69, 9.17) is 16.0 Å². The monoisotopic (exact) mass is 358 g/mol. The van der Waals surface area contributed by atoms with Gasteiger partial charge in [-0.15, -0.1) is 0 Å². The van der Waals surface area contributed by atoms with E-state index in [0.29, 0.717) is 11.7 Å². The third-order valence-electron chi connectivity index (χ3n) is 5.25. The van der Waals surface area contributed by atoms with Gasteiger partial charge in [-0.05, 0) is 62.2 Å². The Balaban J connectivity index is 1.39. The van der Waals surface area contributed by atoms with Gasteiger partial charge in [0.15, 0.2) is 5.76 Å². The molecule has 1 aromatic heterocycles. The minimum absolute atomic E-state index is 0.00259. The molecule has 2 aromatic rings. The molecule has 3 heterocycles. The third kappa shape index (κ3) is 3.75. The van der Waals surface area contributed by atoms with Crippen LogP contribution in [0.1, 0.15) is 47.1 Å². The van der Waals surface area contributed by atoms with Gasteiger partial charge < -0.3 is 9.32 Å². The van der Waals surface area contributed by atoms with Gasteiger partial charge in [0.2, 0.25) is 0 Å². The fourth-order valence-electron chi connectivity index (χ4n) is 3.87. The second-order valence-corrected chi connectivity index (χ2v) is 7.48. The van der Waals surface area contributed by atoms with Crippen LogP contribution in [0.15, 0.2) is 40.8 Å². The van der Waals surface area contributed by atoms with Crippen molar-refractivity contribution in [2.24, 2.45) is 0 Å². The highest BCUT2D eigenvalue weighted by atomic mass is 35.5. The number of likely N-dealkylation sites (tertiary alicyclic amines) is 2. The van der Waals surface area contributed by atoms with Crippen molar-refractivity contribution in [3.05, 3.63) is 58.5 Å². The molecule has 0 saturated carbocycles. The summed E-state index contributed by atoms with van der Waals surface area (Å²) in [5, 5.41) is 0.750. The van der Waals surface area contributed by atoms with Crippen LogP contribution in [0.4, 0.5) is 0 Å². The van der Waals surface area contributed by atoms with Crippen LogP contribution < -0.4 is 0 Å². The lowest BCUT2D eigenvalue weighted by atomic mass is 9.99. The van der Waals surface area contributed by atoms with Gasteiger partial charge in [-0.3, -0.25) is 9.69 Å². The molecule has 132 valence electrons. The van der Waals surface area contributed by atoms with E-state index in [1.54, 1.807) is 0 Å². The number of carbonyl (C=O) groups is 1. The average molecular weight is 359 g/mol. The Morgan fingerprint density at radius 2 is 2.00 bits per heavy atom. The average Bonchev–Trinajstić information content (AvgIpc) is 3.36. The molecule has 4 rings (SSSR count). The maximum atomic E-state index is 12.7. The zero-order chi connectivity index (χ0) is 17.2. The highest BCUT2D eigenvalue weighted by molar-refractivity contribution is 6.30. The van der Waals surface area contributed by atoms with Crippen LogP contribution >= 0.6 is 11.6 Å². The Morgan fingerprint density at radius 1 is 1.16 bits per heavy atom. The maximum absolute atomic E-state index is 12.7. The summed E-state index contributed by atoms with van der Waals surface area (Å²) in [6.07, 6.45) is 3.48. The van der Waals surface area contributed by atoms with Gasteiger partial charge in [0.05, 0.1) is 6.54 Å². The van der Waals surface area contributed by atoms with E-state index in [-0.39, 0.29) is 5.91 Å². The van der Waals surface area contributed by atoms with Crippen LogP contribution in [0.2, 0.25) is 5.02 Å². The SMILES string of the molecule is O=C(c1ccc(CN2CCCC2)o1)N1CCC(c2cccc(Cl)c2)C1. The molecule has 2 saturated heterocycles. The van der Waals surface area contributed by atoms with Crippen molar-refractivity contribution in [1.29, 1.82) is 0 Å². The van der Waals surface area contributed by atoms with Crippen molar-refractivity contribution in [2.75, 3.05) is 26.2 Å². The van der Waals surface area contributed by atoms with Crippen LogP contribution in [-0.4, -0.2) is 41.9 Å². The molecule has 1 unspecified atom stereocenters. The summed E-state index contributed by atoms with van der Waals surface area (Å²) in [4.78, 5) is 17.0. The third-order valence-corrected chi connectivity index (χ3v) is 5.48. The summed E-state index contributed by atoms with van der Waals surface area (Å²) < 4.78 is 5.83. The summed E-state index contributed by atoms with van der Waals surface area (Å²) in [5.74, 6) is 1.69. The second kappa shape index (κ2) is 7.22. The van der Waals surface area contributed by atoms with Gasteiger partial charge in [0.25, 0.3) is 5.91 Å². The molecule has 2 aliphatic rings. The van der Waals surface area contributed by atoms with Gasteiger partial charge in [0.1, 0.15) is 5.76 Å². The zero-order valence-corrected chi connectivity index (χ0v) is 15.0. The molecular weight excluding hydrogens is 336 g/mol. The molecule has 1 atom stereocenters. The van der Waals surface area contributed by atoms with E-state index in [2.05, 4.69) is 11.0 Å². The standard InChI is InChI=1S/C20H23ClN2O2/c21-17-5-3-4-15(12-17)16-8-11-23(13-16)20(24)19-7-6-18(25-19)14-22-9-1-2-10-22/h3-7,12,16H,1-2,8-11,13-14H2. The number of benzene rings is 1. The molecule has 0 N–H and O–H groups in total. The number of halogens is 1. The predicted octanol–water partition coefficient (Wildman–Crippen LogP) is 4.16. The lowest BCUT2D eigenvalue weighted by Gasteiger charge is -2.16. The molecule has 4 nitrogen and oxygen atoms in total. The van der Waals surface area contributed by atoms with Crippen LogP contribution in [0.5, 0.6) is 0 Å². The van der Waals surface area contributed by atoms with Crippen molar-refractivity contribution < 1.29 is 9.21 Å². The normalized spacial score (nSPS) is 21.2. The highest BCUT2D eigenvalue weighted by Gasteiger charge is 2.29. The Morgan fingerprint density at radius 3 is 2.80 bits per heavy atom.